The number of sulfone groups is 1. The second-order valence-electron chi connectivity index (χ2n) is 7.57. The van der Waals surface area contributed by atoms with E-state index in [0.717, 1.165) is 29.1 Å². The number of likely N-dealkylation sites (N-methyl/N-ethyl adjacent to an activating group) is 1. The van der Waals surface area contributed by atoms with E-state index in [0.29, 0.717) is 30.6 Å². The summed E-state index contributed by atoms with van der Waals surface area (Å²) in [6.07, 6.45) is 0. The molecule has 34 heavy (non-hydrogen) atoms. The number of anilines is 1. The van der Waals surface area contributed by atoms with E-state index in [1.165, 1.54) is 35.5 Å². The normalized spacial score (nSPS) is 11.7. The lowest BCUT2D eigenvalue weighted by Gasteiger charge is -2.24. The number of rotatable bonds is 12. The molecule has 0 bridgehead atoms. The molecule has 0 aliphatic rings. The van der Waals surface area contributed by atoms with Gasteiger partial charge in [0.15, 0.2) is 15.0 Å². The molecule has 0 fully saturated rings. The number of nitrogens with zero attached hydrogens (tertiary/aromatic N) is 3. The molecule has 10 heteroatoms. The molecule has 0 spiro atoms. The van der Waals surface area contributed by atoms with Crippen LogP contribution < -0.4 is 14.4 Å². The van der Waals surface area contributed by atoms with Gasteiger partial charge in [-0.1, -0.05) is 25.2 Å². The number of ether oxygens (including phenoxy) is 2. The molecule has 0 N–H and O–H groups in total. The zero-order valence-electron chi connectivity index (χ0n) is 20.0. The molecule has 2 aromatic carbocycles. The van der Waals surface area contributed by atoms with Crippen LogP contribution in [0.1, 0.15) is 20.8 Å². The monoisotopic (exact) mass is 505 g/mol. The van der Waals surface area contributed by atoms with E-state index < -0.39 is 21.5 Å². The summed E-state index contributed by atoms with van der Waals surface area (Å²) in [6, 6.07) is 11.6. The number of amides is 1. The first-order valence-corrected chi connectivity index (χ1v) is 13.7. The molecule has 0 atom stereocenters. The quantitative estimate of drug-likeness (QED) is 0.369. The van der Waals surface area contributed by atoms with E-state index in [4.69, 9.17) is 9.47 Å². The Morgan fingerprint density at radius 2 is 1.68 bits per heavy atom. The SMILES string of the molecule is CCOc1ccc2nc(N(CCN(CC)CC)C(=O)CS(=O)(=O)c3ccc(OC)cc3)sc2c1. The van der Waals surface area contributed by atoms with Crippen LogP contribution in [0.3, 0.4) is 0 Å². The minimum Gasteiger partial charge on any atom is -0.497 e. The Bertz CT molecular complexity index is 1210. The fourth-order valence-corrected chi connectivity index (χ4v) is 5.72. The lowest BCUT2D eigenvalue weighted by atomic mass is 10.3. The number of aromatic nitrogens is 1. The third kappa shape index (κ3) is 6.25. The smallest absolute Gasteiger partial charge is 0.244 e. The largest absolute Gasteiger partial charge is 0.497 e. The number of benzene rings is 2. The van der Waals surface area contributed by atoms with Crippen molar-refractivity contribution in [2.45, 2.75) is 25.7 Å². The van der Waals surface area contributed by atoms with Crippen LogP contribution in [0.15, 0.2) is 47.4 Å². The minimum atomic E-state index is -3.83. The summed E-state index contributed by atoms with van der Waals surface area (Å²) in [7, 11) is -2.32. The predicted molar refractivity (Wildman–Crippen MR) is 136 cm³/mol. The maximum absolute atomic E-state index is 13.3. The van der Waals surface area contributed by atoms with Crippen LogP contribution in [0.25, 0.3) is 10.2 Å². The molecule has 0 saturated carbocycles. The van der Waals surface area contributed by atoms with Crippen molar-refractivity contribution < 1.29 is 22.7 Å². The van der Waals surface area contributed by atoms with Gasteiger partial charge < -0.3 is 14.4 Å². The van der Waals surface area contributed by atoms with Crippen LogP contribution >= 0.6 is 11.3 Å². The van der Waals surface area contributed by atoms with E-state index in [1.807, 2.05) is 25.1 Å². The van der Waals surface area contributed by atoms with Gasteiger partial charge in [-0.25, -0.2) is 13.4 Å². The van der Waals surface area contributed by atoms with Gasteiger partial charge in [-0.2, -0.15) is 0 Å². The zero-order valence-corrected chi connectivity index (χ0v) is 21.6. The second kappa shape index (κ2) is 11.6. The van der Waals surface area contributed by atoms with Crippen molar-refractivity contribution in [3.8, 4) is 11.5 Å². The van der Waals surface area contributed by atoms with Crippen molar-refractivity contribution >= 4 is 42.4 Å². The van der Waals surface area contributed by atoms with Crippen molar-refractivity contribution in [2.75, 3.05) is 50.5 Å². The first-order valence-electron chi connectivity index (χ1n) is 11.2. The van der Waals surface area contributed by atoms with E-state index in [9.17, 15) is 13.2 Å². The van der Waals surface area contributed by atoms with Crippen molar-refractivity contribution in [1.82, 2.24) is 9.88 Å². The van der Waals surface area contributed by atoms with E-state index in [2.05, 4.69) is 23.7 Å². The molecule has 0 aliphatic carbocycles. The van der Waals surface area contributed by atoms with E-state index in [-0.39, 0.29) is 4.90 Å². The third-order valence-corrected chi connectivity index (χ3v) is 8.12. The van der Waals surface area contributed by atoms with Crippen LogP contribution in [0.2, 0.25) is 0 Å². The number of thiazole rings is 1. The molecule has 0 aliphatic heterocycles. The molecule has 0 radical (unpaired) electrons. The third-order valence-electron chi connectivity index (χ3n) is 5.46. The van der Waals surface area contributed by atoms with Gasteiger partial charge in [0.25, 0.3) is 0 Å². The van der Waals surface area contributed by atoms with E-state index in [1.54, 1.807) is 12.1 Å². The lowest BCUT2D eigenvalue weighted by molar-refractivity contribution is -0.116. The Balaban J connectivity index is 1.89. The van der Waals surface area contributed by atoms with Gasteiger partial charge >= 0.3 is 0 Å². The number of hydrogen-bond donors (Lipinski definition) is 0. The van der Waals surface area contributed by atoms with Gasteiger partial charge in [0.05, 0.1) is 28.8 Å². The molecule has 1 aromatic heterocycles. The summed E-state index contributed by atoms with van der Waals surface area (Å²) < 4.78 is 37.5. The summed E-state index contributed by atoms with van der Waals surface area (Å²) in [5.74, 6) is 0.130. The number of hydrogen-bond acceptors (Lipinski definition) is 8. The highest BCUT2D eigenvalue weighted by Gasteiger charge is 2.27. The predicted octanol–water partition coefficient (Wildman–Crippen LogP) is 3.85. The zero-order chi connectivity index (χ0) is 24.7. The summed E-state index contributed by atoms with van der Waals surface area (Å²) in [6.45, 7) is 9.19. The maximum Gasteiger partial charge on any atom is 0.244 e. The fraction of sp³-hybridized carbons (Fsp3) is 0.417. The Labute approximate surface area is 205 Å². The molecule has 0 unspecified atom stereocenters. The van der Waals surface area contributed by atoms with Crippen LogP contribution in [-0.2, 0) is 14.6 Å². The van der Waals surface area contributed by atoms with Crippen molar-refractivity contribution in [2.24, 2.45) is 0 Å². The Morgan fingerprint density at radius 1 is 1.00 bits per heavy atom. The minimum absolute atomic E-state index is 0.0796. The van der Waals surface area contributed by atoms with Crippen LogP contribution in [0, 0.1) is 0 Å². The Kier molecular flexibility index (Phi) is 8.87. The molecule has 1 heterocycles. The molecule has 0 saturated heterocycles. The highest BCUT2D eigenvalue weighted by molar-refractivity contribution is 7.92. The average molecular weight is 506 g/mol. The molecule has 3 rings (SSSR count). The number of carbonyl (C=O) groups excluding carboxylic acids is 1. The van der Waals surface area contributed by atoms with Gasteiger partial charge in [-0.15, -0.1) is 0 Å². The van der Waals surface area contributed by atoms with Crippen LogP contribution in [0.5, 0.6) is 11.5 Å². The van der Waals surface area contributed by atoms with Gasteiger partial charge in [0, 0.05) is 13.1 Å². The number of methoxy groups -OCH3 is 1. The van der Waals surface area contributed by atoms with Crippen molar-refractivity contribution in [3.63, 3.8) is 0 Å². The molecule has 1 amide bonds. The summed E-state index contributed by atoms with van der Waals surface area (Å²) in [5, 5.41) is 0.478. The highest BCUT2D eigenvalue weighted by Crippen LogP contribution is 2.32. The highest BCUT2D eigenvalue weighted by atomic mass is 32.2. The number of carbonyl (C=O) groups is 1. The topological polar surface area (TPSA) is 89.0 Å². The van der Waals surface area contributed by atoms with Gasteiger partial charge in [0.1, 0.15) is 17.3 Å². The standard InChI is InChI=1S/C24H31N3O5S2/c1-5-26(6-2)14-15-27(24-25-21-13-10-19(32-7-3)16-22(21)33-24)23(28)17-34(29,30)20-11-8-18(31-4)9-12-20/h8-13,16H,5-7,14-15,17H2,1-4H3. The van der Waals surface area contributed by atoms with Crippen molar-refractivity contribution in [3.05, 3.63) is 42.5 Å². The Hall–Kier alpha value is -2.69. The lowest BCUT2D eigenvalue weighted by Crippen LogP contribution is -2.41. The second-order valence-corrected chi connectivity index (χ2v) is 10.6. The fourth-order valence-electron chi connectivity index (χ4n) is 3.48. The van der Waals surface area contributed by atoms with E-state index >= 15 is 0 Å². The van der Waals surface area contributed by atoms with Crippen LogP contribution in [0.4, 0.5) is 5.13 Å². The summed E-state index contributed by atoms with van der Waals surface area (Å²) in [5.41, 5.74) is 0.738. The summed E-state index contributed by atoms with van der Waals surface area (Å²) >= 11 is 1.35. The van der Waals surface area contributed by atoms with Crippen LogP contribution in [-0.4, -0.2) is 69.9 Å². The first kappa shape index (κ1) is 25.9. The first-order chi connectivity index (χ1) is 16.3. The maximum atomic E-state index is 13.3. The van der Waals surface area contributed by atoms with Gasteiger partial charge in [0.2, 0.25) is 5.91 Å². The van der Waals surface area contributed by atoms with Crippen molar-refractivity contribution in [1.29, 1.82) is 0 Å². The Morgan fingerprint density at radius 3 is 2.29 bits per heavy atom. The molecule has 184 valence electrons. The number of fused-ring (bicyclic) bond motifs is 1. The molecular weight excluding hydrogens is 474 g/mol. The average Bonchev–Trinajstić information content (AvgIpc) is 3.24. The van der Waals surface area contributed by atoms with Gasteiger partial charge in [-0.05, 0) is 62.5 Å². The summed E-state index contributed by atoms with van der Waals surface area (Å²) in [4.78, 5) is 21.7. The molecule has 8 nitrogen and oxygen atoms in total. The molecule has 3 aromatic rings. The molecular formula is C24H31N3O5S2. The van der Waals surface area contributed by atoms with Gasteiger partial charge in [-0.3, -0.25) is 9.69 Å².